The molecule has 0 saturated heterocycles. The van der Waals surface area contributed by atoms with Crippen LogP contribution in [0.5, 0.6) is 0 Å². The maximum Gasteiger partial charge on any atom is 0.138 e. The molecule has 0 heterocycles. The van der Waals surface area contributed by atoms with Crippen molar-refractivity contribution in [3.8, 4) is 0 Å². The molecule has 0 aromatic rings. The van der Waals surface area contributed by atoms with E-state index in [0.717, 1.165) is 30.4 Å². The van der Waals surface area contributed by atoms with Gasteiger partial charge in [-0.3, -0.25) is 0 Å². The summed E-state index contributed by atoms with van der Waals surface area (Å²) in [4.78, 5) is 0. The Hall–Kier alpha value is -0.920. The van der Waals surface area contributed by atoms with Gasteiger partial charge >= 0.3 is 0 Å². The number of allylic oxidation sites excluding steroid dienone is 3. The van der Waals surface area contributed by atoms with E-state index in [2.05, 4.69) is 26.8 Å². The van der Waals surface area contributed by atoms with Crippen LogP contribution in [0.4, 0.5) is 0 Å². The summed E-state index contributed by atoms with van der Waals surface area (Å²) in [6, 6.07) is 0. The number of hydrogen-bond donors (Lipinski definition) is 1. The highest BCUT2D eigenvalue weighted by Crippen LogP contribution is 2.37. The van der Waals surface area contributed by atoms with E-state index >= 15 is 0 Å². The maximum atomic E-state index is 6.24. The predicted octanol–water partition coefficient (Wildman–Crippen LogP) is 4.13. The Morgan fingerprint density at radius 3 is 2.61 bits per heavy atom. The molecule has 2 heteroatoms. The molecule has 2 aliphatic rings. The molecule has 2 nitrogen and oxygen atoms in total. The standard InChI is InChI=1S/C16H27NO/c1-12-9-14(15(17)16(2,3)10-12)18-11-13-7-5-4-6-8-13/h9,13H,4-8,10-11,17H2,1-3H3. The molecule has 102 valence electrons. The topological polar surface area (TPSA) is 35.2 Å². The largest absolute Gasteiger partial charge is 0.491 e. The zero-order valence-corrected chi connectivity index (χ0v) is 12.1. The molecule has 0 atom stereocenters. The summed E-state index contributed by atoms with van der Waals surface area (Å²) in [7, 11) is 0. The first-order chi connectivity index (χ1) is 8.49. The lowest BCUT2D eigenvalue weighted by atomic mass is 9.79. The van der Waals surface area contributed by atoms with Gasteiger partial charge in [-0.15, -0.1) is 0 Å². The van der Waals surface area contributed by atoms with Crippen molar-refractivity contribution >= 4 is 0 Å². The SMILES string of the molecule is CC1=CC(OCC2CCCCC2)=C(N)C(C)(C)C1. The summed E-state index contributed by atoms with van der Waals surface area (Å²) >= 11 is 0. The van der Waals surface area contributed by atoms with Gasteiger partial charge in [0, 0.05) is 5.41 Å². The molecule has 1 saturated carbocycles. The lowest BCUT2D eigenvalue weighted by Crippen LogP contribution is -2.27. The van der Waals surface area contributed by atoms with Crippen LogP contribution in [0.1, 0.15) is 59.3 Å². The van der Waals surface area contributed by atoms with Crippen LogP contribution in [0.25, 0.3) is 0 Å². The minimum Gasteiger partial charge on any atom is -0.491 e. The van der Waals surface area contributed by atoms with Gasteiger partial charge < -0.3 is 10.5 Å². The van der Waals surface area contributed by atoms with Crippen molar-refractivity contribution in [3.05, 3.63) is 23.1 Å². The van der Waals surface area contributed by atoms with Crippen molar-refractivity contribution in [2.24, 2.45) is 17.1 Å². The number of hydrogen-bond acceptors (Lipinski definition) is 2. The molecule has 0 aromatic heterocycles. The predicted molar refractivity (Wildman–Crippen MR) is 75.9 cm³/mol. The lowest BCUT2D eigenvalue weighted by molar-refractivity contribution is 0.141. The third-order valence-electron chi connectivity index (χ3n) is 4.29. The molecule has 1 fully saturated rings. The van der Waals surface area contributed by atoms with Crippen LogP contribution in [0.15, 0.2) is 23.1 Å². The van der Waals surface area contributed by atoms with Crippen molar-refractivity contribution < 1.29 is 4.74 Å². The third-order valence-corrected chi connectivity index (χ3v) is 4.29. The summed E-state index contributed by atoms with van der Waals surface area (Å²) in [5.41, 5.74) is 8.58. The van der Waals surface area contributed by atoms with Gasteiger partial charge in [0.1, 0.15) is 5.76 Å². The first-order valence-electron chi connectivity index (χ1n) is 7.29. The monoisotopic (exact) mass is 249 g/mol. The van der Waals surface area contributed by atoms with Gasteiger partial charge in [0.05, 0.1) is 12.3 Å². The Labute approximate surface area is 111 Å². The first-order valence-corrected chi connectivity index (χ1v) is 7.29. The van der Waals surface area contributed by atoms with E-state index in [-0.39, 0.29) is 5.41 Å². The summed E-state index contributed by atoms with van der Waals surface area (Å²) < 4.78 is 6.02. The zero-order chi connectivity index (χ0) is 13.2. The molecule has 0 unspecified atom stereocenters. The molecule has 2 aliphatic carbocycles. The van der Waals surface area contributed by atoms with Crippen LogP contribution in [-0.2, 0) is 4.74 Å². The average molecular weight is 249 g/mol. The van der Waals surface area contributed by atoms with Crippen molar-refractivity contribution in [1.82, 2.24) is 0 Å². The second kappa shape index (κ2) is 5.38. The minimum atomic E-state index is 0.0424. The molecule has 0 amide bonds. The molecule has 0 aliphatic heterocycles. The Morgan fingerprint density at radius 1 is 1.28 bits per heavy atom. The Bertz CT molecular complexity index is 359. The van der Waals surface area contributed by atoms with Gasteiger partial charge in [-0.1, -0.05) is 38.7 Å². The molecule has 2 N–H and O–H groups in total. The summed E-state index contributed by atoms with van der Waals surface area (Å²) in [5.74, 6) is 1.66. The van der Waals surface area contributed by atoms with E-state index in [1.165, 1.54) is 37.7 Å². The molecule has 18 heavy (non-hydrogen) atoms. The number of ether oxygens (including phenoxy) is 1. The van der Waals surface area contributed by atoms with Crippen LogP contribution in [0.3, 0.4) is 0 Å². The van der Waals surface area contributed by atoms with Gasteiger partial charge in [0.15, 0.2) is 0 Å². The van der Waals surface area contributed by atoms with Gasteiger partial charge in [-0.25, -0.2) is 0 Å². The fourth-order valence-corrected chi connectivity index (χ4v) is 3.16. The molecule has 0 radical (unpaired) electrons. The smallest absolute Gasteiger partial charge is 0.138 e. The maximum absolute atomic E-state index is 6.24. The van der Waals surface area contributed by atoms with E-state index in [0.29, 0.717) is 0 Å². The van der Waals surface area contributed by atoms with Crippen LogP contribution < -0.4 is 5.73 Å². The highest BCUT2D eigenvalue weighted by atomic mass is 16.5. The molecule has 2 rings (SSSR count). The number of nitrogens with two attached hydrogens (primary N) is 1. The minimum absolute atomic E-state index is 0.0424. The van der Waals surface area contributed by atoms with Crippen molar-refractivity contribution in [2.75, 3.05) is 6.61 Å². The zero-order valence-electron chi connectivity index (χ0n) is 12.1. The van der Waals surface area contributed by atoms with E-state index in [9.17, 15) is 0 Å². The summed E-state index contributed by atoms with van der Waals surface area (Å²) in [6.07, 6.45) is 9.93. The lowest BCUT2D eigenvalue weighted by Gasteiger charge is -2.32. The molecule has 0 aromatic carbocycles. The second-order valence-corrected chi connectivity index (χ2v) is 6.64. The molecule has 0 spiro atoms. The van der Waals surface area contributed by atoms with Crippen LogP contribution >= 0.6 is 0 Å². The Morgan fingerprint density at radius 2 is 1.94 bits per heavy atom. The van der Waals surface area contributed by atoms with Crippen molar-refractivity contribution in [2.45, 2.75) is 59.3 Å². The fourth-order valence-electron chi connectivity index (χ4n) is 3.16. The third kappa shape index (κ3) is 3.09. The molecule has 0 bridgehead atoms. The summed E-state index contributed by atoms with van der Waals surface area (Å²) in [5, 5.41) is 0. The molecular weight excluding hydrogens is 222 g/mol. The highest BCUT2D eigenvalue weighted by molar-refractivity contribution is 5.32. The van der Waals surface area contributed by atoms with E-state index < -0.39 is 0 Å². The highest BCUT2D eigenvalue weighted by Gasteiger charge is 2.29. The van der Waals surface area contributed by atoms with E-state index in [1.54, 1.807) is 0 Å². The van der Waals surface area contributed by atoms with Crippen LogP contribution in [0.2, 0.25) is 0 Å². The van der Waals surface area contributed by atoms with Crippen LogP contribution in [0, 0.1) is 11.3 Å². The normalized spacial score (nSPS) is 24.9. The molecular formula is C16H27NO. The quantitative estimate of drug-likeness (QED) is 0.816. The Balaban J connectivity index is 1.98. The first kappa shape index (κ1) is 13.5. The second-order valence-electron chi connectivity index (χ2n) is 6.64. The van der Waals surface area contributed by atoms with Crippen molar-refractivity contribution in [3.63, 3.8) is 0 Å². The summed E-state index contributed by atoms with van der Waals surface area (Å²) in [6.45, 7) is 7.40. The Kier molecular flexibility index (Phi) is 4.04. The number of rotatable bonds is 3. The van der Waals surface area contributed by atoms with E-state index in [1.807, 2.05) is 0 Å². The van der Waals surface area contributed by atoms with Gasteiger partial charge in [0.25, 0.3) is 0 Å². The van der Waals surface area contributed by atoms with Crippen LogP contribution in [-0.4, -0.2) is 6.61 Å². The van der Waals surface area contributed by atoms with Gasteiger partial charge in [0.2, 0.25) is 0 Å². The van der Waals surface area contributed by atoms with Crippen molar-refractivity contribution in [1.29, 1.82) is 0 Å². The van der Waals surface area contributed by atoms with Gasteiger partial charge in [-0.2, -0.15) is 0 Å². The fraction of sp³-hybridized carbons (Fsp3) is 0.750. The van der Waals surface area contributed by atoms with Gasteiger partial charge in [-0.05, 0) is 38.2 Å². The average Bonchev–Trinajstić information content (AvgIpc) is 2.33. The van der Waals surface area contributed by atoms with E-state index in [4.69, 9.17) is 10.5 Å².